The Morgan fingerprint density at radius 1 is 0.957 bits per heavy atom. The maximum atomic E-state index is 12.4. The molecule has 0 spiro atoms. The number of carbonyl (C=O) groups is 1. The predicted molar refractivity (Wildman–Crippen MR) is 95.1 cm³/mol. The van der Waals surface area contributed by atoms with Crippen LogP contribution in [0.25, 0.3) is 0 Å². The number of benzene rings is 2. The first kappa shape index (κ1) is 17.2. The number of nitrogens with one attached hydrogen (secondary N) is 1. The third kappa shape index (κ3) is 5.53. The molecule has 0 aromatic heterocycles. The highest BCUT2D eigenvalue weighted by Gasteiger charge is 2.24. The molecule has 0 aliphatic heterocycles. The summed E-state index contributed by atoms with van der Waals surface area (Å²) in [6.45, 7) is 6.41. The standard InChI is InChI=1S/C20H26N2O/c1-15(2)14-19(17-10-6-4-7-11-17)21-16(3)20(23)22-18-12-8-5-9-13-18/h4-13,15-16,19,21H,14H2,1-3H3,(H,22,23)/p+1/t16-,19-/m1/s1. The molecule has 0 aliphatic rings. The average Bonchev–Trinajstić information content (AvgIpc) is 2.55. The molecule has 122 valence electrons. The molecule has 1 amide bonds. The van der Waals surface area contributed by atoms with Gasteiger partial charge in [-0.3, -0.25) is 4.79 Å². The molecule has 2 aromatic carbocycles. The van der Waals surface area contributed by atoms with Crippen LogP contribution in [0, 0.1) is 5.92 Å². The molecule has 2 aromatic rings. The third-order valence-electron chi connectivity index (χ3n) is 3.93. The molecule has 0 fully saturated rings. The second-order valence-corrected chi connectivity index (χ2v) is 6.48. The molecule has 0 saturated heterocycles. The van der Waals surface area contributed by atoms with E-state index in [1.165, 1.54) is 5.56 Å². The van der Waals surface area contributed by atoms with Gasteiger partial charge < -0.3 is 10.6 Å². The summed E-state index contributed by atoms with van der Waals surface area (Å²) < 4.78 is 0. The summed E-state index contributed by atoms with van der Waals surface area (Å²) in [5, 5.41) is 5.16. The Bertz CT molecular complexity index is 596. The lowest BCUT2D eigenvalue weighted by Crippen LogP contribution is -2.92. The van der Waals surface area contributed by atoms with E-state index in [0.717, 1.165) is 12.1 Å². The zero-order valence-corrected chi connectivity index (χ0v) is 14.2. The minimum Gasteiger partial charge on any atom is -0.330 e. The van der Waals surface area contributed by atoms with E-state index in [0.29, 0.717) is 12.0 Å². The third-order valence-corrected chi connectivity index (χ3v) is 3.93. The maximum absolute atomic E-state index is 12.4. The van der Waals surface area contributed by atoms with Gasteiger partial charge in [-0.15, -0.1) is 0 Å². The van der Waals surface area contributed by atoms with Crippen LogP contribution in [0.3, 0.4) is 0 Å². The smallest absolute Gasteiger partial charge is 0.282 e. The van der Waals surface area contributed by atoms with Crippen LogP contribution in [0.2, 0.25) is 0 Å². The van der Waals surface area contributed by atoms with Gasteiger partial charge in [-0.2, -0.15) is 0 Å². The van der Waals surface area contributed by atoms with Crippen molar-refractivity contribution in [2.75, 3.05) is 5.32 Å². The van der Waals surface area contributed by atoms with Gasteiger partial charge in [-0.1, -0.05) is 62.4 Å². The molecule has 3 nitrogen and oxygen atoms in total. The Morgan fingerprint density at radius 2 is 1.52 bits per heavy atom. The van der Waals surface area contributed by atoms with Gasteiger partial charge in [-0.05, 0) is 25.0 Å². The highest BCUT2D eigenvalue weighted by atomic mass is 16.2. The van der Waals surface area contributed by atoms with Gasteiger partial charge in [0.1, 0.15) is 6.04 Å². The first-order valence-corrected chi connectivity index (χ1v) is 8.32. The second-order valence-electron chi connectivity index (χ2n) is 6.48. The fraction of sp³-hybridized carbons (Fsp3) is 0.350. The number of para-hydroxylation sites is 1. The number of hydrogen-bond donors (Lipinski definition) is 2. The number of anilines is 1. The summed E-state index contributed by atoms with van der Waals surface area (Å²) in [5.41, 5.74) is 2.12. The van der Waals surface area contributed by atoms with Crippen LogP contribution in [0.4, 0.5) is 5.69 Å². The molecule has 2 atom stereocenters. The minimum absolute atomic E-state index is 0.0425. The van der Waals surface area contributed by atoms with Gasteiger partial charge in [-0.25, -0.2) is 0 Å². The van der Waals surface area contributed by atoms with Crippen molar-refractivity contribution in [1.29, 1.82) is 0 Å². The quantitative estimate of drug-likeness (QED) is 0.809. The van der Waals surface area contributed by atoms with Crippen molar-refractivity contribution in [3.05, 3.63) is 66.2 Å². The van der Waals surface area contributed by atoms with Crippen molar-refractivity contribution in [3.8, 4) is 0 Å². The van der Waals surface area contributed by atoms with Gasteiger partial charge in [0.25, 0.3) is 5.91 Å². The Labute approximate surface area is 139 Å². The summed E-state index contributed by atoms with van der Waals surface area (Å²) in [5.74, 6) is 0.627. The first-order valence-electron chi connectivity index (χ1n) is 8.32. The molecule has 0 heterocycles. The van der Waals surface area contributed by atoms with Crippen LogP contribution < -0.4 is 10.6 Å². The van der Waals surface area contributed by atoms with Crippen molar-refractivity contribution in [3.63, 3.8) is 0 Å². The van der Waals surface area contributed by atoms with E-state index in [9.17, 15) is 4.79 Å². The van der Waals surface area contributed by atoms with Gasteiger partial charge in [0.05, 0.1) is 0 Å². The van der Waals surface area contributed by atoms with Crippen molar-refractivity contribution in [1.82, 2.24) is 0 Å². The fourth-order valence-electron chi connectivity index (χ4n) is 2.75. The molecule has 0 saturated carbocycles. The van der Waals surface area contributed by atoms with Crippen molar-refractivity contribution in [2.45, 2.75) is 39.3 Å². The minimum atomic E-state index is -0.140. The van der Waals surface area contributed by atoms with Crippen LogP contribution in [-0.2, 0) is 4.79 Å². The largest absolute Gasteiger partial charge is 0.330 e. The normalized spacial score (nSPS) is 13.6. The number of rotatable bonds is 7. The van der Waals surface area contributed by atoms with Crippen LogP contribution in [0.5, 0.6) is 0 Å². The Kier molecular flexibility index (Phi) is 6.36. The molecule has 0 bridgehead atoms. The van der Waals surface area contributed by atoms with Crippen LogP contribution >= 0.6 is 0 Å². The summed E-state index contributed by atoms with van der Waals surface area (Å²) in [7, 11) is 0. The Balaban J connectivity index is 2.02. The predicted octanol–water partition coefficient (Wildman–Crippen LogP) is 3.36. The zero-order valence-electron chi connectivity index (χ0n) is 14.2. The van der Waals surface area contributed by atoms with Crippen LogP contribution in [-0.4, -0.2) is 11.9 Å². The van der Waals surface area contributed by atoms with E-state index in [2.05, 4.69) is 48.7 Å². The second kappa shape index (κ2) is 8.49. The average molecular weight is 311 g/mol. The van der Waals surface area contributed by atoms with Crippen molar-refractivity contribution < 1.29 is 10.1 Å². The lowest BCUT2D eigenvalue weighted by Gasteiger charge is -2.21. The molecule has 0 aliphatic carbocycles. The lowest BCUT2D eigenvalue weighted by atomic mass is 9.96. The maximum Gasteiger partial charge on any atom is 0.282 e. The highest BCUT2D eigenvalue weighted by molar-refractivity contribution is 5.93. The summed E-state index contributed by atoms with van der Waals surface area (Å²) >= 11 is 0. The number of nitrogens with two attached hydrogens (primary N) is 1. The first-order chi connectivity index (χ1) is 11.1. The number of carbonyl (C=O) groups excluding carboxylic acids is 1. The van der Waals surface area contributed by atoms with E-state index in [1.54, 1.807) is 0 Å². The molecular formula is C20H27N2O+. The zero-order chi connectivity index (χ0) is 16.7. The monoisotopic (exact) mass is 311 g/mol. The molecule has 0 radical (unpaired) electrons. The number of hydrogen-bond acceptors (Lipinski definition) is 1. The summed E-state index contributed by atoms with van der Waals surface area (Å²) in [4.78, 5) is 12.4. The van der Waals surface area contributed by atoms with Crippen LogP contribution in [0.15, 0.2) is 60.7 Å². The van der Waals surface area contributed by atoms with E-state index >= 15 is 0 Å². The summed E-state index contributed by atoms with van der Waals surface area (Å²) in [6.07, 6.45) is 1.05. The number of quaternary nitrogens is 1. The lowest BCUT2D eigenvalue weighted by molar-refractivity contribution is -0.714. The van der Waals surface area contributed by atoms with Crippen molar-refractivity contribution in [2.24, 2.45) is 5.92 Å². The van der Waals surface area contributed by atoms with Crippen LogP contribution in [0.1, 0.15) is 38.8 Å². The molecule has 2 rings (SSSR count). The Morgan fingerprint density at radius 3 is 2.09 bits per heavy atom. The van der Waals surface area contributed by atoms with E-state index in [4.69, 9.17) is 0 Å². The van der Waals surface area contributed by atoms with Gasteiger partial charge in [0.15, 0.2) is 6.04 Å². The Hall–Kier alpha value is -2.13. The molecular weight excluding hydrogens is 284 g/mol. The summed E-state index contributed by atoms with van der Waals surface area (Å²) in [6, 6.07) is 20.2. The van der Waals surface area contributed by atoms with Gasteiger partial charge in [0.2, 0.25) is 0 Å². The molecule has 0 unspecified atom stereocenters. The molecule has 3 N–H and O–H groups in total. The highest BCUT2D eigenvalue weighted by Crippen LogP contribution is 2.17. The fourth-order valence-corrected chi connectivity index (χ4v) is 2.75. The SMILES string of the molecule is CC(C)C[C@@H]([NH2+][C@H](C)C(=O)Nc1ccccc1)c1ccccc1. The number of amides is 1. The van der Waals surface area contributed by atoms with Crippen molar-refractivity contribution >= 4 is 11.6 Å². The van der Waals surface area contributed by atoms with E-state index in [-0.39, 0.29) is 11.9 Å². The van der Waals surface area contributed by atoms with Gasteiger partial charge in [0, 0.05) is 17.7 Å². The van der Waals surface area contributed by atoms with E-state index < -0.39 is 0 Å². The van der Waals surface area contributed by atoms with E-state index in [1.807, 2.05) is 43.3 Å². The molecule has 3 heteroatoms. The topological polar surface area (TPSA) is 45.7 Å². The van der Waals surface area contributed by atoms with Gasteiger partial charge >= 0.3 is 0 Å². The molecule has 23 heavy (non-hydrogen) atoms.